The van der Waals surface area contributed by atoms with Crippen LogP contribution in [0.5, 0.6) is 0 Å². The van der Waals surface area contributed by atoms with Gasteiger partial charge < -0.3 is 15.7 Å². The van der Waals surface area contributed by atoms with Crippen molar-refractivity contribution in [1.29, 1.82) is 0 Å². The molecule has 2 amide bonds. The topological polar surface area (TPSA) is 78.4 Å². The van der Waals surface area contributed by atoms with Crippen molar-refractivity contribution in [2.75, 3.05) is 5.32 Å². The van der Waals surface area contributed by atoms with Crippen LogP contribution < -0.4 is 10.6 Å². The summed E-state index contributed by atoms with van der Waals surface area (Å²) in [6, 6.07) is 4.68. The molecule has 1 aromatic rings. The van der Waals surface area contributed by atoms with Crippen molar-refractivity contribution in [3.63, 3.8) is 0 Å². The minimum absolute atomic E-state index is 0.102. The SMILES string of the molecule is CC(CCCC(=O)O)NC(=O)Nc1cc(Br)ccc1Cl. The highest BCUT2D eigenvalue weighted by Gasteiger charge is 2.10. The van der Waals surface area contributed by atoms with E-state index in [9.17, 15) is 9.59 Å². The third-order valence-corrected chi connectivity index (χ3v) is 3.40. The van der Waals surface area contributed by atoms with Crippen LogP contribution in [0, 0.1) is 0 Å². The molecule has 0 aliphatic heterocycles. The molecule has 0 spiro atoms. The molecule has 1 unspecified atom stereocenters. The van der Waals surface area contributed by atoms with E-state index in [2.05, 4.69) is 26.6 Å². The second kappa shape index (κ2) is 8.11. The normalized spacial score (nSPS) is 11.8. The number of amides is 2. The van der Waals surface area contributed by atoms with Crippen LogP contribution in [0.15, 0.2) is 22.7 Å². The summed E-state index contributed by atoms with van der Waals surface area (Å²) in [5, 5.41) is 14.4. The smallest absolute Gasteiger partial charge is 0.319 e. The van der Waals surface area contributed by atoms with Gasteiger partial charge in [-0.1, -0.05) is 27.5 Å². The van der Waals surface area contributed by atoms with Crippen molar-refractivity contribution >= 4 is 45.2 Å². The first kappa shape index (κ1) is 16.8. The number of benzene rings is 1. The highest BCUT2D eigenvalue weighted by atomic mass is 79.9. The van der Waals surface area contributed by atoms with Crippen LogP contribution in [0.1, 0.15) is 26.2 Å². The molecule has 0 aromatic heterocycles. The quantitative estimate of drug-likeness (QED) is 0.718. The summed E-state index contributed by atoms with van der Waals surface area (Å²) in [7, 11) is 0. The van der Waals surface area contributed by atoms with Gasteiger partial charge in [0, 0.05) is 16.9 Å². The van der Waals surface area contributed by atoms with E-state index in [1.165, 1.54) is 0 Å². The van der Waals surface area contributed by atoms with Gasteiger partial charge in [-0.15, -0.1) is 0 Å². The number of hydrogen-bond donors (Lipinski definition) is 3. The molecule has 1 aromatic carbocycles. The molecule has 0 fully saturated rings. The summed E-state index contributed by atoms with van der Waals surface area (Å²) in [4.78, 5) is 22.2. The van der Waals surface area contributed by atoms with Crippen molar-refractivity contribution in [3.8, 4) is 0 Å². The Labute approximate surface area is 130 Å². The molecule has 20 heavy (non-hydrogen) atoms. The summed E-state index contributed by atoms with van der Waals surface area (Å²) in [5.74, 6) is -0.831. The molecule has 0 radical (unpaired) electrons. The van der Waals surface area contributed by atoms with Gasteiger partial charge in [-0.05, 0) is 38.0 Å². The number of halogens is 2. The average Bonchev–Trinajstić information content (AvgIpc) is 2.33. The highest BCUT2D eigenvalue weighted by Crippen LogP contribution is 2.25. The monoisotopic (exact) mass is 362 g/mol. The Hall–Kier alpha value is -1.27. The third-order valence-electron chi connectivity index (χ3n) is 2.58. The van der Waals surface area contributed by atoms with Gasteiger partial charge in [0.2, 0.25) is 0 Å². The van der Waals surface area contributed by atoms with Crippen LogP contribution in [0.3, 0.4) is 0 Å². The van der Waals surface area contributed by atoms with Gasteiger partial charge in [0.05, 0.1) is 10.7 Å². The molecular weight excluding hydrogens is 348 g/mol. The minimum atomic E-state index is -0.831. The second-order valence-electron chi connectivity index (χ2n) is 4.41. The van der Waals surface area contributed by atoms with Crippen LogP contribution in [-0.2, 0) is 4.79 Å². The summed E-state index contributed by atoms with van der Waals surface area (Å²) in [6.45, 7) is 1.82. The van der Waals surface area contributed by atoms with E-state index in [0.29, 0.717) is 23.6 Å². The number of carboxylic acid groups (broad SMARTS) is 1. The third kappa shape index (κ3) is 6.25. The average molecular weight is 364 g/mol. The Morgan fingerprint density at radius 3 is 2.80 bits per heavy atom. The maximum atomic E-state index is 11.8. The first-order valence-electron chi connectivity index (χ1n) is 6.13. The largest absolute Gasteiger partial charge is 0.481 e. The fourth-order valence-corrected chi connectivity index (χ4v) is 2.13. The number of rotatable bonds is 6. The summed E-state index contributed by atoms with van der Waals surface area (Å²) < 4.78 is 0.812. The Balaban J connectivity index is 2.43. The molecule has 3 N–H and O–H groups in total. The van der Waals surface area contributed by atoms with Gasteiger partial charge in [-0.2, -0.15) is 0 Å². The molecule has 5 nitrogen and oxygen atoms in total. The van der Waals surface area contributed by atoms with Crippen LogP contribution in [0.4, 0.5) is 10.5 Å². The number of aliphatic carboxylic acids is 1. The Bertz CT molecular complexity index is 497. The van der Waals surface area contributed by atoms with Gasteiger partial charge in [-0.25, -0.2) is 4.79 Å². The van der Waals surface area contributed by atoms with E-state index in [1.54, 1.807) is 18.2 Å². The molecule has 110 valence electrons. The molecule has 0 saturated carbocycles. The van der Waals surface area contributed by atoms with E-state index in [4.69, 9.17) is 16.7 Å². The number of nitrogens with one attached hydrogen (secondary N) is 2. The first-order chi connectivity index (χ1) is 9.38. The van der Waals surface area contributed by atoms with Gasteiger partial charge in [-0.3, -0.25) is 4.79 Å². The molecule has 0 bridgehead atoms. The maximum absolute atomic E-state index is 11.8. The van der Waals surface area contributed by atoms with E-state index < -0.39 is 5.97 Å². The minimum Gasteiger partial charge on any atom is -0.481 e. The van der Waals surface area contributed by atoms with Gasteiger partial charge in [0.1, 0.15) is 0 Å². The van der Waals surface area contributed by atoms with Gasteiger partial charge >= 0.3 is 12.0 Å². The molecular formula is C13H16BrClN2O3. The molecule has 1 atom stereocenters. The molecule has 1 rings (SSSR count). The lowest BCUT2D eigenvalue weighted by Gasteiger charge is -2.15. The predicted octanol–water partition coefficient (Wildman–Crippen LogP) is 3.87. The number of carboxylic acids is 1. The van der Waals surface area contributed by atoms with Crippen LogP contribution in [0.2, 0.25) is 5.02 Å². The summed E-state index contributed by atoms with van der Waals surface area (Å²) >= 11 is 9.27. The zero-order chi connectivity index (χ0) is 15.1. The Morgan fingerprint density at radius 2 is 2.15 bits per heavy atom. The van der Waals surface area contributed by atoms with Crippen molar-refractivity contribution in [2.45, 2.75) is 32.2 Å². The molecule has 0 aliphatic rings. The van der Waals surface area contributed by atoms with Crippen molar-refractivity contribution in [2.24, 2.45) is 0 Å². The Morgan fingerprint density at radius 1 is 1.45 bits per heavy atom. The lowest BCUT2D eigenvalue weighted by atomic mass is 10.1. The van der Waals surface area contributed by atoms with E-state index in [1.807, 2.05) is 6.92 Å². The highest BCUT2D eigenvalue weighted by molar-refractivity contribution is 9.10. The number of carbonyl (C=O) groups is 2. The first-order valence-corrected chi connectivity index (χ1v) is 7.30. The second-order valence-corrected chi connectivity index (χ2v) is 5.73. The van der Waals surface area contributed by atoms with Crippen LogP contribution in [0.25, 0.3) is 0 Å². The van der Waals surface area contributed by atoms with Crippen molar-refractivity contribution < 1.29 is 14.7 Å². The van der Waals surface area contributed by atoms with E-state index >= 15 is 0 Å². The van der Waals surface area contributed by atoms with Crippen LogP contribution in [-0.4, -0.2) is 23.1 Å². The number of anilines is 1. The fraction of sp³-hybridized carbons (Fsp3) is 0.385. The zero-order valence-corrected chi connectivity index (χ0v) is 13.3. The number of urea groups is 1. The molecule has 7 heteroatoms. The van der Waals surface area contributed by atoms with Gasteiger partial charge in [0.15, 0.2) is 0 Å². The molecule has 0 heterocycles. The molecule has 0 saturated heterocycles. The van der Waals surface area contributed by atoms with Crippen molar-refractivity contribution in [3.05, 3.63) is 27.7 Å². The number of carbonyl (C=O) groups excluding carboxylic acids is 1. The molecule has 0 aliphatic carbocycles. The van der Waals surface area contributed by atoms with Gasteiger partial charge in [0.25, 0.3) is 0 Å². The predicted molar refractivity (Wildman–Crippen MR) is 82.3 cm³/mol. The van der Waals surface area contributed by atoms with Crippen molar-refractivity contribution in [1.82, 2.24) is 5.32 Å². The lowest BCUT2D eigenvalue weighted by molar-refractivity contribution is -0.137. The lowest BCUT2D eigenvalue weighted by Crippen LogP contribution is -2.36. The number of hydrogen-bond acceptors (Lipinski definition) is 2. The standard InChI is InChI=1S/C13H16BrClN2O3/c1-8(3-2-4-12(18)19)16-13(20)17-11-7-9(14)5-6-10(11)15/h5-8H,2-4H2,1H3,(H,18,19)(H2,16,17,20). The Kier molecular flexibility index (Phi) is 6.81. The summed E-state index contributed by atoms with van der Waals surface area (Å²) in [5.41, 5.74) is 0.510. The van der Waals surface area contributed by atoms with E-state index in [0.717, 1.165) is 4.47 Å². The fourth-order valence-electron chi connectivity index (χ4n) is 1.61. The summed E-state index contributed by atoms with van der Waals surface area (Å²) in [6.07, 6.45) is 1.23. The zero-order valence-electron chi connectivity index (χ0n) is 11.0. The van der Waals surface area contributed by atoms with E-state index in [-0.39, 0.29) is 18.5 Å². The maximum Gasteiger partial charge on any atom is 0.319 e. The van der Waals surface area contributed by atoms with Crippen LogP contribution >= 0.6 is 27.5 Å².